The van der Waals surface area contributed by atoms with Gasteiger partial charge in [0.05, 0.1) is 37.8 Å². The van der Waals surface area contributed by atoms with Crippen LogP contribution in [0.15, 0.2) is 12.4 Å². The van der Waals surface area contributed by atoms with Crippen molar-refractivity contribution >= 4 is 12.0 Å². The number of carbonyl (C=O) groups excluding carboxylic acids is 2. The number of amides is 2. The molecule has 0 bridgehead atoms. The minimum absolute atomic E-state index is 0.0263. The number of hydrogen-bond donors (Lipinski definition) is 3. The van der Waals surface area contributed by atoms with E-state index in [1.54, 1.807) is 6.20 Å². The molecule has 2 amide bonds. The lowest BCUT2D eigenvalue weighted by Crippen LogP contribution is -2.56. The molecule has 0 spiro atoms. The van der Waals surface area contributed by atoms with Crippen molar-refractivity contribution in [2.24, 2.45) is 5.92 Å². The lowest BCUT2D eigenvalue weighted by atomic mass is 9.96. The van der Waals surface area contributed by atoms with Crippen LogP contribution in [0.4, 0.5) is 4.79 Å². The van der Waals surface area contributed by atoms with Crippen molar-refractivity contribution in [1.29, 1.82) is 0 Å². The summed E-state index contributed by atoms with van der Waals surface area (Å²) in [7, 11) is 1.52. The van der Waals surface area contributed by atoms with Gasteiger partial charge >= 0.3 is 6.09 Å². The van der Waals surface area contributed by atoms with E-state index in [1.165, 1.54) is 13.3 Å². The second-order valence-electron chi connectivity index (χ2n) is 8.90. The molecule has 3 N–H and O–H groups in total. The third kappa shape index (κ3) is 5.07. The molecule has 1 aliphatic carbocycles. The Kier molecular flexibility index (Phi) is 6.57. The second kappa shape index (κ2) is 9.35. The summed E-state index contributed by atoms with van der Waals surface area (Å²) in [5, 5.41) is 2.99. The van der Waals surface area contributed by atoms with Gasteiger partial charge in [-0.1, -0.05) is 0 Å². The van der Waals surface area contributed by atoms with Gasteiger partial charge < -0.3 is 19.7 Å². The second-order valence-corrected chi connectivity index (χ2v) is 8.90. The monoisotopic (exact) mass is 432 g/mol. The van der Waals surface area contributed by atoms with Crippen molar-refractivity contribution in [3.63, 3.8) is 0 Å². The molecule has 10 nitrogen and oxygen atoms in total. The van der Waals surface area contributed by atoms with E-state index in [0.29, 0.717) is 17.5 Å². The summed E-state index contributed by atoms with van der Waals surface area (Å²) in [6.07, 6.45) is 7.42. The molecule has 1 saturated carbocycles. The number of carbonyl (C=O) groups is 2. The molecule has 1 aromatic rings. The van der Waals surface area contributed by atoms with Crippen molar-refractivity contribution in [3.8, 4) is 5.88 Å². The Morgan fingerprint density at radius 3 is 2.61 bits per heavy atom. The summed E-state index contributed by atoms with van der Waals surface area (Å²) in [6, 6.07) is 0.777. The van der Waals surface area contributed by atoms with Crippen molar-refractivity contribution in [3.05, 3.63) is 18.1 Å². The highest BCUT2D eigenvalue weighted by molar-refractivity contribution is 5.78. The summed E-state index contributed by atoms with van der Waals surface area (Å²) < 4.78 is 10.7. The van der Waals surface area contributed by atoms with Crippen LogP contribution in [0.1, 0.15) is 51.6 Å². The summed E-state index contributed by atoms with van der Waals surface area (Å²) >= 11 is 0. The van der Waals surface area contributed by atoms with Crippen LogP contribution < -0.4 is 20.9 Å². The van der Waals surface area contributed by atoms with Gasteiger partial charge in [0.1, 0.15) is 6.10 Å². The van der Waals surface area contributed by atoms with Crippen LogP contribution in [0, 0.1) is 5.92 Å². The maximum absolute atomic E-state index is 12.4. The number of methoxy groups -OCH3 is 1. The Balaban J connectivity index is 1.19. The van der Waals surface area contributed by atoms with Crippen LogP contribution in [0.25, 0.3) is 0 Å². The van der Waals surface area contributed by atoms with Crippen molar-refractivity contribution in [2.45, 2.75) is 82.8 Å². The fraction of sp³-hybridized carbons (Fsp3) is 0.714. The first-order valence-electron chi connectivity index (χ1n) is 11.1. The molecule has 170 valence electrons. The number of aromatic nitrogens is 2. The normalized spacial score (nSPS) is 32.4. The van der Waals surface area contributed by atoms with Gasteiger partial charge in [-0.3, -0.25) is 15.2 Å². The topological polar surface area (TPSA) is 118 Å². The van der Waals surface area contributed by atoms with Gasteiger partial charge in [0, 0.05) is 18.1 Å². The van der Waals surface area contributed by atoms with Crippen molar-refractivity contribution in [2.75, 3.05) is 7.11 Å². The molecular weight excluding hydrogens is 400 g/mol. The first-order chi connectivity index (χ1) is 14.9. The first kappa shape index (κ1) is 21.8. The van der Waals surface area contributed by atoms with E-state index in [9.17, 15) is 9.59 Å². The maximum Gasteiger partial charge on any atom is 0.410 e. The van der Waals surface area contributed by atoms with E-state index in [4.69, 9.17) is 9.47 Å². The predicted octanol–water partition coefficient (Wildman–Crippen LogP) is 1.12. The molecule has 2 aliphatic heterocycles. The van der Waals surface area contributed by atoms with E-state index < -0.39 is 0 Å². The van der Waals surface area contributed by atoms with E-state index in [2.05, 4.69) is 40.0 Å². The standard InChI is InChI=1S/C21H32N6O4/c1-12-6-13(2)27(12)21(29)31-16-5-4-14(7-16)17-9-18(26-25-17)24-19(28)8-15-10-23-20(30-3)11-22-15/h10-14,16-18,25-26H,4-9H2,1-3H3,(H,24,28)/t12-,13-,14-,16+,17?,18?/m0/s1. The first-order valence-corrected chi connectivity index (χ1v) is 11.1. The van der Waals surface area contributed by atoms with Crippen LogP contribution in [-0.4, -0.2) is 64.4 Å². The zero-order valence-corrected chi connectivity index (χ0v) is 18.3. The van der Waals surface area contributed by atoms with Gasteiger partial charge in [-0.05, 0) is 51.9 Å². The van der Waals surface area contributed by atoms with Crippen LogP contribution >= 0.6 is 0 Å². The number of hydrogen-bond acceptors (Lipinski definition) is 8. The van der Waals surface area contributed by atoms with E-state index in [1.807, 2.05) is 4.90 Å². The molecule has 0 radical (unpaired) electrons. The molecule has 3 heterocycles. The van der Waals surface area contributed by atoms with Crippen LogP contribution in [0.2, 0.25) is 0 Å². The Labute approximate surface area is 182 Å². The van der Waals surface area contributed by atoms with Crippen LogP contribution in [-0.2, 0) is 16.0 Å². The summed E-state index contributed by atoms with van der Waals surface area (Å²) in [4.78, 5) is 34.8. The van der Waals surface area contributed by atoms with Gasteiger partial charge in [-0.2, -0.15) is 0 Å². The molecule has 3 fully saturated rings. The average Bonchev–Trinajstić information content (AvgIpc) is 3.37. The third-order valence-corrected chi connectivity index (χ3v) is 6.60. The summed E-state index contributed by atoms with van der Waals surface area (Å²) in [5.74, 6) is 0.712. The number of nitrogens with zero attached hydrogens (tertiary/aromatic N) is 3. The fourth-order valence-corrected chi connectivity index (χ4v) is 4.96. The Morgan fingerprint density at radius 2 is 1.94 bits per heavy atom. The molecule has 10 heteroatoms. The number of rotatable bonds is 6. The Hall–Kier alpha value is -2.46. The van der Waals surface area contributed by atoms with Crippen molar-refractivity contribution in [1.82, 2.24) is 31.0 Å². The largest absolute Gasteiger partial charge is 0.480 e. The smallest absolute Gasteiger partial charge is 0.410 e. The average molecular weight is 433 g/mol. The lowest BCUT2D eigenvalue weighted by Gasteiger charge is -2.44. The van der Waals surface area contributed by atoms with Gasteiger partial charge in [0.15, 0.2) is 0 Å². The van der Waals surface area contributed by atoms with Crippen LogP contribution in [0.5, 0.6) is 5.88 Å². The fourth-order valence-electron chi connectivity index (χ4n) is 4.96. The molecule has 0 aromatic carbocycles. The van der Waals surface area contributed by atoms with Crippen LogP contribution in [0.3, 0.4) is 0 Å². The zero-order chi connectivity index (χ0) is 22.0. The lowest BCUT2D eigenvalue weighted by molar-refractivity contribution is -0.121. The highest BCUT2D eigenvalue weighted by atomic mass is 16.6. The van der Waals surface area contributed by atoms with Gasteiger partial charge in [-0.15, -0.1) is 0 Å². The molecule has 31 heavy (non-hydrogen) atoms. The molecule has 2 saturated heterocycles. The molecule has 1 aromatic heterocycles. The summed E-state index contributed by atoms with van der Waals surface area (Å²) in [5.41, 5.74) is 7.06. The highest BCUT2D eigenvalue weighted by Gasteiger charge is 2.41. The predicted molar refractivity (Wildman–Crippen MR) is 112 cm³/mol. The summed E-state index contributed by atoms with van der Waals surface area (Å²) in [6.45, 7) is 4.12. The number of nitrogens with one attached hydrogen (secondary N) is 3. The van der Waals surface area contributed by atoms with Gasteiger partial charge in [-0.25, -0.2) is 15.2 Å². The number of likely N-dealkylation sites (tertiary alicyclic amines) is 1. The molecule has 6 atom stereocenters. The van der Waals surface area contributed by atoms with Gasteiger partial charge in [0.25, 0.3) is 0 Å². The quantitative estimate of drug-likeness (QED) is 0.612. The SMILES string of the molecule is COc1cnc(CC(=O)NC2CC([C@H]3CC[C@@H](OC(=O)N4[C@@H](C)C[C@@H]4C)C3)NN2)cn1. The highest BCUT2D eigenvalue weighted by Crippen LogP contribution is 2.34. The van der Waals surface area contributed by atoms with E-state index in [0.717, 1.165) is 32.1 Å². The molecule has 3 aliphatic rings. The Bertz CT molecular complexity index is 783. The van der Waals surface area contributed by atoms with Crippen molar-refractivity contribution < 1.29 is 19.1 Å². The maximum atomic E-state index is 12.4. The third-order valence-electron chi connectivity index (χ3n) is 6.60. The van der Waals surface area contributed by atoms with E-state index in [-0.39, 0.29) is 48.8 Å². The molecular formula is C21H32N6O4. The van der Waals surface area contributed by atoms with Gasteiger partial charge in [0.2, 0.25) is 11.8 Å². The zero-order valence-electron chi connectivity index (χ0n) is 18.3. The minimum atomic E-state index is -0.179. The number of ether oxygens (including phenoxy) is 2. The molecule has 4 rings (SSSR count). The van der Waals surface area contributed by atoms with E-state index >= 15 is 0 Å². The Morgan fingerprint density at radius 1 is 1.13 bits per heavy atom. The number of hydrazine groups is 1. The minimum Gasteiger partial charge on any atom is -0.480 e. The molecule has 2 unspecified atom stereocenters.